The lowest BCUT2D eigenvalue weighted by Gasteiger charge is -2.17. The Morgan fingerprint density at radius 2 is 1.71 bits per heavy atom. The van der Waals surface area contributed by atoms with E-state index in [1.807, 2.05) is 0 Å². The molecule has 1 aromatic rings. The Hall–Kier alpha value is -2.57. The molecule has 0 aliphatic rings. The number of esters is 2. The van der Waals surface area contributed by atoms with Gasteiger partial charge >= 0.3 is 11.9 Å². The third kappa shape index (κ3) is 6.68. The van der Waals surface area contributed by atoms with Crippen LogP contribution in [0.3, 0.4) is 0 Å². The zero-order chi connectivity index (χ0) is 17.9. The second kappa shape index (κ2) is 10.3. The van der Waals surface area contributed by atoms with E-state index in [2.05, 4.69) is 5.32 Å². The number of hydrogen-bond acceptors (Lipinski definition) is 6. The van der Waals surface area contributed by atoms with Crippen molar-refractivity contribution in [3.63, 3.8) is 0 Å². The Kier molecular flexibility index (Phi) is 8.32. The average Bonchev–Trinajstić information content (AvgIpc) is 2.55. The van der Waals surface area contributed by atoms with Crippen LogP contribution in [0.4, 0.5) is 5.69 Å². The normalized spacial score (nSPS) is 11.4. The topological polar surface area (TPSA) is 108 Å². The predicted molar refractivity (Wildman–Crippen MR) is 89.2 cm³/mol. The Morgan fingerprint density at radius 3 is 2.29 bits per heavy atom. The number of carbonyl (C=O) groups is 3. The van der Waals surface area contributed by atoms with Crippen molar-refractivity contribution in [1.29, 1.82) is 0 Å². The molecule has 7 heteroatoms. The van der Waals surface area contributed by atoms with Crippen LogP contribution in [0.1, 0.15) is 43.5 Å². The van der Waals surface area contributed by atoms with Gasteiger partial charge in [-0.3, -0.25) is 9.59 Å². The number of hydrogen-bond donors (Lipinski definition) is 2. The van der Waals surface area contributed by atoms with Gasteiger partial charge in [0.05, 0.1) is 13.2 Å². The maximum Gasteiger partial charge on any atom is 0.328 e. The standard InChI is InChI=1S/C17H24N2O5/c1-3-23-15(20)7-5-6-14(17(22)24-4-2)19-16(21)12-8-10-13(18)11-9-12/h8-11,14H,3-7,18H2,1-2H3,(H,19,21)/t14-/m1/s1. The fourth-order valence-electron chi connectivity index (χ4n) is 2.05. The number of nitrogens with one attached hydrogen (secondary N) is 1. The maximum absolute atomic E-state index is 12.2. The zero-order valence-electron chi connectivity index (χ0n) is 14.0. The number of benzene rings is 1. The molecule has 0 heterocycles. The number of nitrogens with two attached hydrogens (primary N) is 1. The van der Waals surface area contributed by atoms with Gasteiger partial charge in [0.15, 0.2) is 0 Å². The van der Waals surface area contributed by atoms with Gasteiger partial charge in [0.2, 0.25) is 0 Å². The molecular formula is C17H24N2O5. The van der Waals surface area contributed by atoms with Crippen molar-refractivity contribution in [2.45, 2.75) is 39.2 Å². The van der Waals surface area contributed by atoms with Gasteiger partial charge in [-0.25, -0.2) is 4.79 Å². The molecule has 1 atom stereocenters. The molecule has 1 amide bonds. The number of nitrogen functional groups attached to an aromatic ring is 1. The van der Waals surface area contributed by atoms with Crippen molar-refractivity contribution in [1.82, 2.24) is 5.32 Å². The lowest BCUT2D eigenvalue weighted by molar-refractivity contribution is -0.147. The van der Waals surface area contributed by atoms with E-state index in [1.54, 1.807) is 38.1 Å². The highest BCUT2D eigenvalue weighted by atomic mass is 16.5. The molecule has 0 aliphatic carbocycles. The lowest BCUT2D eigenvalue weighted by atomic mass is 10.1. The van der Waals surface area contributed by atoms with E-state index in [9.17, 15) is 14.4 Å². The van der Waals surface area contributed by atoms with Crippen molar-refractivity contribution in [2.24, 2.45) is 0 Å². The summed E-state index contributed by atoms with van der Waals surface area (Å²) in [5.74, 6) is -1.25. The number of ether oxygens (including phenoxy) is 2. The molecular weight excluding hydrogens is 312 g/mol. The Labute approximate surface area is 141 Å². The van der Waals surface area contributed by atoms with Crippen LogP contribution in [0.25, 0.3) is 0 Å². The van der Waals surface area contributed by atoms with Gasteiger partial charge in [0, 0.05) is 17.7 Å². The minimum absolute atomic E-state index is 0.182. The van der Waals surface area contributed by atoms with Crippen molar-refractivity contribution in [2.75, 3.05) is 18.9 Å². The molecule has 3 N–H and O–H groups in total. The molecule has 0 saturated carbocycles. The molecule has 0 fully saturated rings. The van der Waals surface area contributed by atoms with E-state index in [-0.39, 0.29) is 19.0 Å². The van der Waals surface area contributed by atoms with Crippen LogP contribution in [-0.4, -0.2) is 37.1 Å². The Bertz CT molecular complexity index is 557. The summed E-state index contributed by atoms with van der Waals surface area (Å²) in [6.45, 7) is 3.94. The summed E-state index contributed by atoms with van der Waals surface area (Å²) >= 11 is 0. The van der Waals surface area contributed by atoms with Gasteiger partial charge in [-0.15, -0.1) is 0 Å². The Morgan fingerprint density at radius 1 is 1.08 bits per heavy atom. The zero-order valence-corrected chi connectivity index (χ0v) is 14.0. The van der Waals surface area contributed by atoms with Gasteiger partial charge in [-0.2, -0.15) is 0 Å². The summed E-state index contributed by atoms with van der Waals surface area (Å²) in [7, 11) is 0. The molecule has 132 valence electrons. The third-order valence-corrected chi connectivity index (χ3v) is 3.23. The van der Waals surface area contributed by atoms with Crippen LogP contribution >= 0.6 is 0 Å². The van der Waals surface area contributed by atoms with E-state index in [1.165, 1.54) is 0 Å². The van der Waals surface area contributed by atoms with Gasteiger partial charge < -0.3 is 20.5 Å². The van der Waals surface area contributed by atoms with Crippen molar-refractivity contribution < 1.29 is 23.9 Å². The van der Waals surface area contributed by atoms with Crippen LogP contribution in [0.2, 0.25) is 0 Å². The first-order valence-corrected chi connectivity index (χ1v) is 7.96. The minimum atomic E-state index is -0.815. The molecule has 0 radical (unpaired) electrons. The molecule has 1 rings (SSSR count). The van der Waals surface area contributed by atoms with Crippen LogP contribution < -0.4 is 11.1 Å². The van der Waals surface area contributed by atoms with Gasteiger partial charge in [-0.1, -0.05) is 0 Å². The number of carbonyl (C=O) groups excluding carboxylic acids is 3. The van der Waals surface area contributed by atoms with E-state index in [0.29, 0.717) is 30.7 Å². The van der Waals surface area contributed by atoms with Crippen LogP contribution in [0.5, 0.6) is 0 Å². The molecule has 0 bridgehead atoms. The average molecular weight is 336 g/mol. The molecule has 0 spiro atoms. The molecule has 0 aromatic heterocycles. The first-order chi connectivity index (χ1) is 11.5. The van der Waals surface area contributed by atoms with Gasteiger partial charge in [0.25, 0.3) is 5.91 Å². The summed E-state index contributed by atoms with van der Waals surface area (Å²) in [4.78, 5) is 35.6. The van der Waals surface area contributed by atoms with E-state index >= 15 is 0 Å². The highest BCUT2D eigenvalue weighted by molar-refractivity contribution is 5.97. The molecule has 0 aliphatic heterocycles. The maximum atomic E-state index is 12.2. The van der Waals surface area contributed by atoms with Crippen LogP contribution in [0.15, 0.2) is 24.3 Å². The fourth-order valence-corrected chi connectivity index (χ4v) is 2.05. The summed E-state index contributed by atoms with van der Waals surface area (Å²) < 4.78 is 9.81. The van der Waals surface area contributed by atoms with Crippen molar-refractivity contribution in [3.8, 4) is 0 Å². The van der Waals surface area contributed by atoms with E-state index < -0.39 is 17.9 Å². The number of amides is 1. The monoisotopic (exact) mass is 336 g/mol. The van der Waals surface area contributed by atoms with Crippen molar-refractivity contribution >= 4 is 23.5 Å². The van der Waals surface area contributed by atoms with Gasteiger partial charge in [0.1, 0.15) is 6.04 Å². The second-order valence-corrected chi connectivity index (χ2v) is 5.10. The number of anilines is 1. The van der Waals surface area contributed by atoms with Crippen LogP contribution in [-0.2, 0) is 19.1 Å². The largest absolute Gasteiger partial charge is 0.466 e. The SMILES string of the molecule is CCOC(=O)CCC[C@@H](NC(=O)c1ccc(N)cc1)C(=O)OCC. The second-order valence-electron chi connectivity index (χ2n) is 5.10. The summed E-state index contributed by atoms with van der Waals surface area (Å²) in [5, 5.41) is 2.64. The first-order valence-electron chi connectivity index (χ1n) is 7.96. The summed E-state index contributed by atoms with van der Waals surface area (Å²) in [6.07, 6.45) is 0.879. The smallest absolute Gasteiger partial charge is 0.328 e. The molecule has 7 nitrogen and oxygen atoms in total. The van der Waals surface area contributed by atoms with E-state index in [0.717, 1.165) is 0 Å². The predicted octanol–water partition coefficient (Wildman–Crippen LogP) is 1.66. The summed E-state index contributed by atoms with van der Waals surface area (Å²) in [6, 6.07) is 5.55. The highest BCUT2D eigenvalue weighted by Gasteiger charge is 2.22. The Balaban J connectivity index is 2.64. The first kappa shape index (κ1) is 19.5. The molecule has 0 unspecified atom stereocenters. The van der Waals surface area contributed by atoms with E-state index in [4.69, 9.17) is 15.2 Å². The quantitative estimate of drug-likeness (QED) is 0.524. The molecule has 1 aromatic carbocycles. The highest BCUT2D eigenvalue weighted by Crippen LogP contribution is 2.09. The minimum Gasteiger partial charge on any atom is -0.466 e. The third-order valence-electron chi connectivity index (χ3n) is 3.23. The fraction of sp³-hybridized carbons (Fsp3) is 0.471. The lowest BCUT2D eigenvalue weighted by Crippen LogP contribution is -2.42. The number of rotatable bonds is 9. The summed E-state index contributed by atoms with van der Waals surface area (Å²) in [5.41, 5.74) is 6.52. The molecule has 24 heavy (non-hydrogen) atoms. The van der Waals surface area contributed by atoms with Gasteiger partial charge in [-0.05, 0) is 51.0 Å². The van der Waals surface area contributed by atoms with Crippen LogP contribution in [0, 0.1) is 0 Å². The van der Waals surface area contributed by atoms with Crippen molar-refractivity contribution in [3.05, 3.63) is 29.8 Å². The molecule has 0 saturated heterocycles.